The van der Waals surface area contributed by atoms with Crippen molar-refractivity contribution >= 4 is 30.5 Å². The SMILES string of the molecule is C#Cc1ccccc1C(C(=O)NCCCC)N(CCCCCCC)C(=O)C(CS)NC(=O)OC(C)(C)C. The van der Waals surface area contributed by atoms with Gasteiger partial charge in [0, 0.05) is 24.4 Å². The fourth-order valence-corrected chi connectivity index (χ4v) is 4.14. The monoisotopic (exact) mass is 531 g/mol. The van der Waals surface area contributed by atoms with Crippen LogP contribution in [0, 0.1) is 12.3 Å². The lowest BCUT2D eigenvalue weighted by atomic mass is 9.97. The first-order valence-corrected chi connectivity index (χ1v) is 14.0. The zero-order chi connectivity index (χ0) is 27.8. The first-order valence-electron chi connectivity index (χ1n) is 13.3. The highest BCUT2D eigenvalue weighted by molar-refractivity contribution is 7.80. The Kier molecular flexibility index (Phi) is 14.8. The Morgan fingerprint density at radius 2 is 1.70 bits per heavy atom. The predicted octanol–water partition coefficient (Wildman–Crippen LogP) is 5.25. The molecule has 0 heterocycles. The molecular formula is C29H45N3O4S. The third-order valence-electron chi connectivity index (χ3n) is 5.76. The van der Waals surface area contributed by atoms with Crippen LogP contribution in [0.3, 0.4) is 0 Å². The molecule has 37 heavy (non-hydrogen) atoms. The number of nitrogens with zero attached hydrogens (tertiary/aromatic N) is 1. The lowest BCUT2D eigenvalue weighted by Gasteiger charge is -2.34. The molecule has 0 saturated carbocycles. The van der Waals surface area contributed by atoms with Gasteiger partial charge in [0.05, 0.1) is 0 Å². The zero-order valence-corrected chi connectivity index (χ0v) is 24.0. The fraction of sp³-hybridized carbons (Fsp3) is 0.621. The highest BCUT2D eigenvalue weighted by atomic mass is 32.1. The van der Waals surface area contributed by atoms with Crippen LogP contribution in [-0.4, -0.2) is 53.3 Å². The van der Waals surface area contributed by atoms with Crippen LogP contribution in [0.15, 0.2) is 24.3 Å². The normalized spacial score (nSPS) is 12.7. The summed E-state index contributed by atoms with van der Waals surface area (Å²) in [6.45, 7) is 10.3. The minimum atomic E-state index is -0.974. The summed E-state index contributed by atoms with van der Waals surface area (Å²) in [5.74, 6) is 2.00. The molecule has 0 spiro atoms. The minimum absolute atomic E-state index is 0.0470. The van der Waals surface area contributed by atoms with Gasteiger partial charge in [0.25, 0.3) is 0 Å². The van der Waals surface area contributed by atoms with Crippen molar-refractivity contribution in [1.82, 2.24) is 15.5 Å². The summed E-state index contributed by atoms with van der Waals surface area (Å²) in [5.41, 5.74) is 0.404. The van der Waals surface area contributed by atoms with Crippen molar-refractivity contribution in [2.45, 2.75) is 97.2 Å². The van der Waals surface area contributed by atoms with Gasteiger partial charge in [-0.3, -0.25) is 9.59 Å². The maximum atomic E-state index is 13.9. The summed E-state index contributed by atoms with van der Waals surface area (Å²) in [4.78, 5) is 41.5. The van der Waals surface area contributed by atoms with E-state index in [0.29, 0.717) is 30.6 Å². The Hall–Kier alpha value is -2.66. The van der Waals surface area contributed by atoms with Gasteiger partial charge in [-0.25, -0.2) is 4.79 Å². The van der Waals surface area contributed by atoms with Crippen LogP contribution in [0.1, 0.15) is 96.7 Å². The number of rotatable bonds is 15. The molecule has 1 aromatic carbocycles. The number of terminal acetylenes is 1. The van der Waals surface area contributed by atoms with E-state index in [0.717, 1.165) is 38.5 Å². The molecule has 0 aliphatic heterocycles. The first kappa shape index (κ1) is 32.4. The number of carbonyl (C=O) groups is 3. The number of hydrogen-bond donors (Lipinski definition) is 3. The van der Waals surface area contributed by atoms with E-state index in [9.17, 15) is 14.4 Å². The Bertz CT molecular complexity index is 907. The molecule has 0 aromatic heterocycles. The van der Waals surface area contributed by atoms with E-state index in [4.69, 9.17) is 11.2 Å². The van der Waals surface area contributed by atoms with Crippen LogP contribution in [0.25, 0.3) is 0 Å². The number of unbranched alkanes of at least 4 members (excludes halogenated alkanes) is 5. The largest absolute Gasteiger partial charge is 0.444 e. The molecule has 2 unspecified atom stereocenters. The fourth-order valence-electron chi connectivity index (χ4n) is 3.89. The molecule has 0 bridgehead atoms. The van der Waals surface area contributed by atoms with Crippen LogP contribution in [0.4, 0.5) is 4.79 Å². The Morgan fingerprint density at radius 3 is 2.30 bits per heavy atom. The topological polar surface area (TPSA) is 87.7 Å². The molecule has 0 fully saturated rings. The van der Waals surface area contributed by atoms with Crippen LogP contribution in [0.5, 0.6) is 0 Å². The average Bonchev–Trinajstić information content (AvgIpc) is 2.85. The van der Waals surface area contributed by atoms with E-state index in [1.807, 2.05) is 13.0 Å². The van der Waals surface area contributed by atoms with Gasteiger partial charge < -0.3 is 20.3 Å². The van der Waals surface area contributed by atoms with Crippen molar-refractivity contribution < 1.29 is 19.1 Å². The second-order valence-corrected chi connectivity index (χ2v) is 10.5. The molecule has 0 aliphatic rings. The van der Waals surface area contributed by atoms with Crippen LogP contribution in [-0.2, 0) is 14.3 Å². The highest BCUT2D eigenvalue weighted by Crippen LogP contribution is 2.26. The quantitative estimate of drug-likeness (QED) is 0.164. The van der Waals surface area contributed by atoms with E-state index in [1.165, 1.54) is 0 Å². The lowest BCUT2D eigenvalue weighted by molar-refractivity contribution is -0.142. The minimum Gasteiger partial charge on any atom is -0.444 e. The molecule has 0 aliphatic carbocycles. The lowest BCUT2D eigenvalue weighted by Crippen LogP contribution is -2.54. The molecular weight excluding hydrogens is 486 g/mol. The van der Waals surface area contributed by atoms with Gasteiger partial charge in [0.2, 0.25) is 11.8 Å². The molecule has 1 aromatic rings. The van der Waals surface area contributed by atoms with Crippen LogP contribution < -0.4 is 10.6 Å². The molecule has 7 nitrogen and oxygen atoms in total. The molecule has 8 heteroatoms. The van der Waals surface area contributed by atoms with Crippen LogP contribution in [0.2, 0.25) is 0 Å². The van der Waals surface area contributed by atoms with E-state index in [-0.39, 0.29) is 11.7 Å². The summed E-state index contributed by atoms with van der Waals surface area (Å²) in [5, 5.41) is 5.62. The van der Waals surface area contributed by atoms with Gasteiger partial charge in [0.15, 0.2) is 0 Å². The zero-order valence-electron chi connectivity index (χ0n) is 23.1. The van der Waals surface area contributed by atoms with Crippen molar-refractivity contribution in [1.29, 1.82) is 0 Å². The van der Waals surface area contributed by atoms with Crippen molar-refractivity contribution in [2.24, 2.45) is 0 Å². The van der Waals surface area contributed by atoms with Gasteiger partial charge >= 0.3 is 6.09 Å². The highest BCUT2D eigenvalue weighted by Gasteiger charge is 2.36. The summed E-state index contributed by atoms with van der Waals surface area (Å²) < 4.78 is 5.36. The van der Waals surface area contributed by atoms with Crippen LogP contribution >= 0.6 is 12.6 Å². The summed E-state index contributed by atoms with van der Waals surface area (Å²) >= 11 is 4.34. The maximum absolute atomic E-state index is 13.9. The van der Waals surface area contributed by atoms with Crippen molar-refractivity contribution in [2.75, 3.05) is 18.8 Å². The number of nitrogens with one attached hydrogen (secondary N) is 2. The Balaban J connectivity index is 3.41. The Morgan fingerprint density at radius 1 is 1.05 bits per heavy atom. The summed E-state index contributed by atoms with van der Waals surface area (Å²) in [6.07, 6.45) is 11.7. The molecule has 0 saturated heterocycles. The van der Waals surface area contributed by atoms with Gasteiger partial charge in [-0.1, -0.05) is 70.1 Å². The predicted molar refractivity (Wildman–Crippen MR) is 153 cm³/mol. The third-order valence-corrected chi connectivity index (χ3v) is 6.12. The van der Waals surface area contributed by atoms with Gasteiger partial charge in [0.1, 0.15) is 17.7 Å². The number of thiol groups is 1. The maximum Gasteiger partial charge on any atom is 0.408 e. The van der Waals surface area contributed by atoms with E-state index < -0.39 is 29.7 Å². The molecule has 1 rings (SSSR count). The van der Waals surface area contributed by atoms with Crippen molar-refractivity contribution in [3.63, 3.8) is 0 Å². The van der Waals surface area contributed by atoms with E-state index in [2.05, 4.69) is 36.1 Å². The number of benzene rings is 1. The smallest absolute Gasteiger partial charge is 0.408 e. The second kappa shape index (κ2) is 17.0. The molecule has 206 valence electrons. The first-order chi connectivity index (χ1) is 17.6. The molecule has 2 atom stereocenters. The third kappa shape index (κ3) is 11.5. The second-order valence-electron chi connectivity index (χ2n) is 10.1. The van der Waals surface area contributed by atoms with Gasteiger partial charge in [-0.05, 0) is 45.2 Å². The van der Waals surface area contributed by atoms with E-state index >= 15 is 0 Å². The summed E-state index contributed by atoms with van der Waals surface area (Å²) in [7, 11) is 0. The Labute approximate surface area is 228 Å². The van der Waals surface area contributed by atoms with Crippen molar-refractivity contribution in [3.8, 4) is 12.3 Å². The molecule has 2 N–H and O–H groups in total. The average molecular weight is 532 g/mol. The standard InChI is InChI=1S/C29H45N3O4S/c1-7-10-12-13-16-20-32(27(34)24(21-37)31-28(35)36-29(4,5)6)25(26(33)30-19-11-8-2)23-18-15-14-17-22(23)9-3/h3,14-15,17-18,24-25,37H,7-8,10-13,16,19-21H2,1-2,4-6H3,(H,30,33)(H,31,35). The molecule has 0 radical (unpaired) electrons. The number of alkyl carbamates (subject to hydrolysis) is 1. The van der Waals surface area contributed by atoms with E-state index in [1.54, 1.807) is 43.9 Å². The van der Waals surface area contributed by atoms with Gasteiger partial charge in [-0.15, -0.1) is 6.42 Å². The number of amides is 3. The number of ether oxygens (including phenoxy) is 1. The number of carbonyl (C=O) groups excluding carboxylic acids is 3. The number of hydrogen-bond acceptors (Lipinski definition) is 5. The van der Waals surface area contributed by atoms with Crippen molar-refractivity contribution in [3.05, 3.63) is 35.4 Å². The molecule has 3 amide bonds. The van der Waals surface area contributed by atoms with Gasteiger partial charge in [-0.2, -0.15) is 12.6 Å². The summed E-state index contributed by atoms with van der Waals surface area (Å²) in [6, 6.07) is 5.25.